The molecule has 1 aromatic rings. The van der Waals surface area contributed by atoms with Crippen LogP contribution in [0.1, 0.15) is 24.5 Å². The van der Waals surface area contributed by atoms with E-state index in [0.717, 1.165) is 18.5 Å². The maximum atomic E-state index is 12.1. The van der Waals surface area contributed by atoms with Crippen LogP contribution in [0.3, 0.4) is 0 Å². The second kappa shape index (κ2) is 5.29. The van der Waals surface area contributed by atoms with Crippen molar-refractivity contribution in [3.8, 4) is 0 Å². The Bertz CT molecular complexity index is 489. The van der Waals surface area contributed by atoms with Crippen molar-refractivity contribution in [1.29, 1.82) is 0 Å². The van der Waals surface area contributed by atoms with E-state index >= 15 is 0 Å². The summed E-state index contributed by atoms with van der Waals surface area (Å²) < 4.78 is 26.9. The zero-order valence-electron chi connectivity index (χ0n) is 10.7. The lowest BCUT2D eigenvalue weighted by Gasteiger charge is -2.33. The summed E-state index contributed by atoms with van der Waals surface area (Å²) in [5.41, 5.74) is 0.871. The average molecular weight is 270 g/mol. The van der Waals surface area contributed by atoms with Gasteiger partial charge < -0.3 is 0 Å². The van der Waals surface area contributed by atoms with Gasteiger partial charge in [0.15, 0.2) is 0 Å². The monoisotopic (exact) mass is 270 g/mol. The van der Waals surface area contributed by atoms with Gasteiger partial charge >= 0.3 is 0 Å². The van der Waals surface area contributed by atoms with Crippen molar-refractivity contribution < 1.29 is 8.42 Å². The summed E-state index contributed by atoms with van der Waals surface area (Å²) >= 11 is 0. The molecule has 18 heavy (non-hydrogen) atoms. The average Bonchev–Trinajstić information content (AvgIpc) is 2.40. The molecule has 1 unspecified atom stereocenters. The highest BCUT2D eigenvalue weighted by Gasteiger charge is 2.31. The minimum absolute atomic E-state index is 0.141. The lowest BCUT2D eigenvalue weighted by Crippen LogP contribution is -2.45. The Morgan fingerprint density at radius 1 is 1.39 bits per heavy atom. The molecule has 1 aliphatic heterocycles. The molecule has 0 aliphatic carbocycles. The van der Waals surface area contributed by atoms with Gasteiger partial charge in [0, 0.05) is 51.7 Å². The van der Waals surface area contributed by atoms with E-state index in [9.17, 15) is 8.42 Å². The quantitative estimate of drug-likeness (QED) is 0.800. The molecular formula is C11H18N4O2S. The number of aromatic nitrogens is 2. The van der Waals surface area contributed by atoms with Crippen molar-refractivity contribution in [2.75, 3.05) is 27.2 Å². The zero-order valence-corrected chi connectivity index (χ0v) is 11.5. The van der Waals surface area contributed by atoms with Crippen LogP contribution < -0.4 is 0 Å². The van der Waals surface area contributed by atoms with Crippen LogP contribution in [0, 0.1) is 0 Å². The standard InChI is InChI=1S/C11H18N4O2S/c1-14(2)18(16,17)15-7-3-4-10(9-15)11-8-12-5-6-13-11/h5-6,8,10H,3-4,7,9H2,1-2H3. The van der Waals surface area contributed by atoms with Crippen LogP contribution in [0.25, 0.3) is 0 Å². The molecule has 0 N–H and O–H groups in total. The van der Waals surface area contributed by atoms with E-state index in [4.69, 9.17) is 0 Å². The Morgan fingerprint density at radius 2 is 2.17 bits per heavy atom. The summed E-state index contributed by atoms with van der Waals surface area (Å²) in [6, 6.07) is 0. The van der Waals surface area contributed by atoms with Gasteiger partial charge in [-0.1, -0.05) is 0 Å². The lowest BCUT2D eigenvalue weighted by molar-refractivity contribution is 0.296. The van der Waals surface area contributed by atoms with Crippen LogP contribution in [0.15, 0.2) is 18.6 Å². The second-order valence-electron chi connectivity index (χ2n) is 4.62. The smallest absolute Gasteiger partial charge is 0.261 e. The second-order valence-corrected chi connectivity index (χ2v) is 6.76. The van der Waals surface area contributed by atoms with Crippen molar-refractivity contribution in [3.05, 3.63) is 24.3 Å². The first-order valence-corrected chi connectivity index (χ1v) is 7.35. The normalized spacial score (nSPS) is 22.3. The van der Waals surface area contributed by atoms with Crippen LogP contribution in [-0.2, 0) is 10.2 Å². The first kappa shape index (κ1) is 13.4. The van der Waals surface area contributed by atoms with E-state index in [2.05, 4.69) is 9.97 Å². The molecule has 0 radical (unpaired) electrons. The summed E-state index contributed by atoms with van der Waals surface area (Å²) in [6.45, 7) is 1.07. The summed E-state index contributed by atoms with van der Waals surface area (Å²) in [5, 5.41) is 0. The van der Waals surface area contributed by atoms with Gasteiger partial charge in [-0.3, -0.25) is 9.97 Å². The topological polar surface area (TPSA) is 66.4 Å². The van der Waals surface area contributed by atoms with Crippen molar-refractivity contribution in [1.82, 2.24) is 18.6 Å². The molecule has 1 atom stereocenters. The fraction of sp³-hybridized carbons (Fsp3) is 0.636. The maximum Gasteiger partial charge on any atom is 0.281 e. The van der Waals surface area contributed by atoms with Gasteiger partial charge in [0.25, 0.3) is 10.2 Å². The van der Waals surface area contributed by atoms with Gasteiger partial charge in [0.1, 0.15) is 0 Å². The third-order valence-corrected chi connectivity index (χ3v) is 5.08. The van der Waals surface area contributed by atoms with Gasteiger partial charge in [-0.05, 0) is 12.8 Å². The largest absolute Gasteiger partial charge is 0.281 e. The highest BCUT2D eigenvalue weighted by atomic mass is 32.2. The highest BCUT2D eigenvalue weighted by Crippen LogP contribution is 2.26. The van der Waals surface area contributed by atoms with Crippen LogP contribution in [0.2, 0.25) is 0 Å². The Hall–Kier alpha value is -1.05. The predicted octanol–water partition coefficient (Wildman–Crippen LogP) is 0.462. The van der Waals surface area contributed by atoms with Gasteiger partial charge in [-0.15, -0.1) is 0 Å². The Balaban J connectivity index is 2.15. The summed E-state index contributed by atoms with van der Waals surface area (Å²) in [6.07, 6.45) is 6.80. The molecular weight excluding hydrogens is 252 g/mol. The molecule has 0 saturated carbocycles. The molecule has 1 saturated heterocycles. The molecule has 100 valence electrons. The summed E-state index contributed by atoms with van der Waals surface area (Å²) in [5.74, 6) is 0.141. The number of piperidine rings is 1. The molecule has 2 heterocycles. The van der Waals surface area contributed by atoms with Crippen molar-refractivity contribution in [2.24, 2.45) is 0 Å². The molecule has 1 aliphatic rings. The van der Waals surface area contributed by atoms with Crippen molar-refractivity contribution in [2.45, 2.75) is 18.8 Å². The third-order valence-electron chi connectivity index (χ3n) is 3.17. The first-order valence-electron chi connectivity index (χ1n) is 5.95. The molecule has 0 amide bonds. The fourth-order valence-electron chi connectivity index (χ4n) is 2.15. The molecule has 1 fully saturated rings. The molecule has 6 nitrogen and oxygen atoms in total. The number of hydrogen-bond acceptors (Lipinski definition) is 4. The predicted molar refractivity (Wildman–Crippen MR) is 68.2 cm³/mol. The SMILES string of the molecule is CN(C)S(=O)(=O)N1CCCC(c2cnccn2)C1. The highest BCUT2D eigenvalue weighted by molar-refractivity contribution is 7.86. The van der Waals surface area contributed by atoms with Crippen molar-refractivity contribution >= 4 is 10.2 Å². The van der Waals surface area contributed by atoms with Crippen molar-refractivity contribution in [3.63, 3.8) is 0 Å². The first-order chi connectivity index (χ1) is 8.51. The minimum atomic E-state index is -3.32. The van der Waals surface area contributed by atoms with E-state index in [1.165, 1.54) is 8.61 Å². The summed E-state index contributed by atoms with van der Waals surface area (Å²) in [4.78, 5) is 8.31. The fourth-order valence-corrected chi connectivity index (χ4v) is 3.34. The van der Waals surface area contributed by atoms with E-state index < -0.39 is 10.2 Å². The van der Waals surface area contributed by atoms with Crippen LogP contribution in [0.4, 0.5) is 0 Å². The molecule has 2 rings (SSSR count). The van der Waals surface area contributed by atoms with E-state index in [-0.39, 0.29) is 5.92 Å². The molecule has 7 heteroatoms. The van der Waals surface area contributed by atoms with Gasteiger partial charge in [0.05, 0.1) is 5.69 Å². The molecule has 0 bridgehead atoms. The Labute approximate surface area is 108 Å². The van der Waals surface area contributed by atoms with Crippen LogP contribution in [-0.4, -0.2) is 54.2 Å². The number of hydrogen-bond donors (Lipinski definition) is 0. The van der Waals surface area contributed by atoms with Crippen LogP contribution in [0.5, 0.6) is 0 Å². The molecule has 1 aromatic heterocycles. The number of nitrogens with zero attached hydrogens (tertiary/aromatic N) is 4. The van der Waals surface area contributed by atoms with Gasteiger partial charge in [-0.25, -0.2) is 0 Å². The number of rotatable bonds is 3. The lowest BCUT2D eigenvalue weighted by atomic mass is 9.96. The van der Waals surface area contributed by atoms with Gasteiger partial charge in [0.2, 0.25) is 0 Å². The zero-order chi connectivity index (χ0) is 13.2. The van der Waals surface area contributed by atoms with E-state index in [1.807, 2.05) is 0 Å². The van der Waals surface area contributed by atoms with Crippen LogP contribution >= 0.6 is 0 Å². The summed E-state index contributed by atoms with van der Waals surface area (Å²) in [7, 11) is -0.209. The van der Waals surface area contributed by atoms with E-state index in [0.29, 0.717) is 13.1 Å². The van der Waals surface area contributed by atoms with E-state index in [1.54, 1.807) is 32.7 Å². The Kier molecular flexibility index (Phi) is 3.94. The molecule has 0 spiro atoms. The van der Waals surface area contributed by atoms with Gasteiger partial charge in [-0.2, -0.15) is 17.0 Å². The Morgan fingerprint density at radius 3 is 2.78 bits per heavy atom. The maximum absolute atomic E-state index is 12.1. The third kappa shape index (κ3) is 2.68. The molecule has 0 aromatic carbocycles. The minimum Gasteiger partial charge on any atom is -0.261 e.